The summed E-state index contributed by atoms with van der Waals surface area (Å²) in [6, 6.07) is 18.3. The molecular weight excluding hydrogens is 298 g/mol. The van der Waals surface area contributed by atoms with Gasteiger partial charge in [-0.25, -0.2) is 0 Å². The summed E-state index contributed by atoms with van der Waals surface area (Å²) in [5, 5.41) is 0.721. The predicted octanol–water partition coefficient (Wildman–Crippen LogP) is 3.62. The summed E-state index contributed by atoms with van der Waals surface area (Å²) < 4.78 is 11.5. The van der Waals surface area contributed by atoms with Crippen molar-refractivity contribution in [3.8, 4) is 5.75 Å². The Morgan fingerprint density at radius 2 is 1.86 bits per heavy atom. The zero-order chi connectivity index (χ0) is 15.2. The summed E-state index contributed by atoms with van der Waals surface area (Å²) in [4.78, 5) is 2.43. The largest absolute Gasteiger partial charge is 0.492 e. The van der Waals surface area contributed by atoms with E-state index in [2.05, 4.69) is 29.2 Å². The molecule has 22 heavy (non-hydrogen) atoms. The average molecular weight is 318 g/mol. The molecule has 3 rings (SSSR count). The van der Waals surface area contributed by atoms with Gasteiger partial charge in [0.2, 0.25) is 0 Å². The van der Waals surface area contributed by atoms with Crippen molar-refractivity contribution in [2.45, 2.75) is 12.6 Å². The summed E-state index contributed by atoms with van der Waals surface area (Å²) >= 11 is 5.89. The van der Waals surface area contributed by atoms with Crippen molar-refractivity contribution < 1.29 is 9.47 Å². The zero-order valence-electron chi connectivity index (χ0n) is 12.5. The molecule has 4 heteroatoms. The van der Waals surface area contributed by atoms with Crippen LogP contribution in [0.3, 0.4) is 0 Å². The maximum Gasteiger partial charge on any atom is 0.119 e. The highest BCUT2D eigenvalue weighted by Gasteiger charge is 2.23. The molecule has 1 heterocycles. The fraction of sp³-hybridized carbons (Fsp3) is 0.333. The molecule has 3 nitrogen and oxygen atoms in total. The van der Waals surface area contributed by atoms with Gasteiger partial charge in [0.05, 0.1) is 19.3 Å². The first-order valence-electron chi connectivity index (χ1n) is 7.55. The van der Waals surface area contributed by atoms with Gasteiger partial charge in [-0.15, -0.1) is 0 Å². The minimum absolute atomic E-state index is 0.268. The number of hydrogen-bond acceptors (Lipinski definition) is 3. The van der Waals surface area contributed by atoms with Crippen LogP contribution < -0.4 is 4.74 Å². The summed E-state index contributed by atoms with van der Waals surface area (Å²) in [5.74, 6) is 0.842. The van der Waals surface area contributed by atoms with E-state index >= 15 is 0 Å². The molecule has 0 saturated carbocycles. The van der Waals surface area contributed by atoms with Crippen LogP contribution >= 0.6 is 11.6 Å². The van der Waals surface area contributed by atoms with Gasteiger partial charge in [0.1, 0.15) is 12.4 Å². The molecule has 0 spiro atoms. The van der Waals surface area contributed by atoms with Gasteiger partial charge in [-0.3, -0.25) is 4.90 Å². The van der Waals surface area contributed by atoms with Crippen LogP contribution in [0.4, 0.5) is 0 Å². The molecule has 0 bridgehead atoms. The van der Waals surface area contributed by atoms with Gasteiger partial charge in [-0.05, 0) is 29.8 Å². The standard InChI is InChI=1S/C18H20ClNO2/c19-16-6-8-18(9-7-16)22-14-17-13-21-11-10-20(17)12-15-4-2-1-3-5-15/h1-9,17H,10-14H2. The molecule has 1 aliphatic heterocycles. The Morgan fingerprint density at radius 3 is 2.64 bits per heavy atom. The highest BCUT2D eigenvalue weighted by Crippen LogP contribution is 2.18. The highest BCUT2D eigenvalue weighted by atomic mass is 35.5. The topological polar surface area (TPSA) is 21.7 Å². The summed E-state index contributed by atoms with van der Waals surface area (Å²) in [7, 11) is 0. The lowest BCUT2D eigenvalue weighted by Crippen LogP contribution is -2.47. The monoisotopic (exact) mass is 317 g/mol. The smallest absolute Gasteiger partial charge is 0.119 e. The fourth-order valence-electron chi connectivity index (χ4n) is 2.59. The lowest BCUT2D eigenvalue weighted by molar-refractivity contribution is -0.0274. The zero-order valence-corrected chi connectivity index (χ0v) is 13.2. The Labute approximate surface area is 136 Å². The Morgan fingerprint density at radius 1 is 1.09 bits per heavy atom. The number of hydrogen-bond donors (Lipinski definition) is 0. The van der Waals surface area contributed by atoms with Crippen LogP contribution in [-0.2, 0) is 11.3 Å². The van der Waals surface area contributed by atoms with E-state index in [0.717, 1.165) is 30.5 Å². The van der Waals surface area contributed by atoms with Crippen LogP contribution in [-0.4, -0.2) is 37.3 Å². The van der Waals surface area contributed by atoms with E-state index in [-0.39, 0.29) is 6.04 Å². The summed E-state index contributed by atoms with van der Waals surface area (Å²) in [5.41, 5.74) is 1.32. The van der Waals surface area contributed by atoms with Crippen LogP contribution in [0.2, 0.25) is 5.02 Å². The van der Waals surface area contributed by atoms with E-state index in [4.69, 9.17) is 21.1 Å². The molecule has 1 unspecified atom stereocenters. The third-order valence-corrected chi connectivity index (χ3v) is 4.09. The quantitative estimate of drug-likeness (QED) is 0.840. The van der Waals surface area contributed by atoms with Crippen LogP contribution in [0, 0.1) is 0 Å². The molecular formula is C18H20ClNO2. The first-order valence-corrected chi connectivity index (χ1v) is 7.93. The Balaban J connectivity index is 1.59. The third-order valence-electron chi connectivity index (χ3n) is 3.83. The van der Waals surface area contributed by atoms with Gasteiger partial charge in [0, 0.05) is 18.1 Å². The number of halogens is 1. The molecule has 116 valence electrons. The lowest BCUT2D eigenvalue weighted by atomic mass is 10.1. The molecule has 0 aromatic heterocycles. The van der Waals surface area contributed by atoms with Crippen molar-refractivity contribution in [3.05, 3.63) is 65.2 Å². The van der Waals surface area contributed by atoms with Crippen molar-refractivity contribution in [3.63, 3.8) is 0 Å². The molecule has 1 aliphatic rings. The molecule has 2 aromatic carbocycles. The lowest BCUT2D eigenvalue weighted by Gasteiger charge is -2.35. The summed E-state index contributed by atoms with van der Waals surface area (Å²) in [6.45, 7) is 3.97. The number of rotatable bonds is 5. The number of nitrogens with zero attached hydrogens (tertiary/aromatic N) is 1. The maximum absolute atomic E-state index is 5.89. The normalized spacial score (nSPS) is 19.0. The Bertz CT molecular complexity index is 573. The van der Waals surface area contributed by atoms with E-state index in [1.165, 1.54) is 5.56 Å². The third kappa shape index (κ3) is 4.23. The van der Waals surface area contributed by atoms with Gasteiger partial charge in [-0.1, -0.05) is 41.9 Å². The maximum atomic E-state index is 5.89. The second kappa shape index (κ2) is 7.63. The van der Waals surface area contributed by atoms with Gasteiger partial charge in [-0.2, -0.15) is 0 Å². The van der Waals surface area contributed by atoms with Crippen LogP contribution in [0.15, 0.2) is 54.6 Å². The van der Waals surface area contributed by atoms with Gasteiger partial charge < -0.3 is 9.47 Å². The fourth-order valence-corrected chi connectivity index (χ4v) is 2.72. The van der Waals surface area contributed by atoms with Crippen LogP contribution in [0.5, 0.6) is 5.75 Å². The highest BCUT2D eigenvalue weighted by molar-refractivity contribution is 6.30. The van der Waals surface area contributed by atoms with Crippen molar-refractivity contribution >= 4 is 11.6 Å². The molecule has 1 saturated heterocycles. The summed E-state index contributed by atoms with van der Waals surface area (Å²) in [6.07, 6.45) is 0. The molecule has 2 aromatic rings. The van der Waals surface area contributed by atoms with Crippen LogP contribution in [0.25, 0.3) is 0 Å². The minimum Gasteiger partial charge on any atom is -0.492 e. The second-order valence-corrected chi connectivity index (χ2v) is 5.89. The first kappa shape index (κ1) is 15.3. The molecule has 1 atom stereocenters. The van der Waals surface area contributed by atoms with Crippen LogP contribution in [0.1, 0.15) is 5.56 Å². The molecule has 0 aliphatic carbocycles. The van der Waals surface area contributed by atoms with E-state index in [1.54, 1.807) is 0 Å². The van der Waals surface area contributed by atoms with Crippen molar-refractivity contribution in [1.82, 2.24) is 4.90 Å². The van der Waals surface area contributed by atoms with Crippen molar-refractivity contribution in [1.29, 1.82) is 0 Å². The predicted molar refractivity (Wildman–Crippen MR) is 88.4 cm³/mol. The number of morpholine rings is 1. The number of ether oxygens (including phenoxy) is 2. The molecule has 1 fully saturated rings. The minimum atomic E-state index is 0.268. The average Bonchev–Trinajstić information content (AvgIpc) is 2.56. The van der Waals surface area contributed by atoms with Crippen molar-refractivity contribution in [2.24, 2.45) is 0 Å². The van der Waals surface area contributed by atoms with Crippen molar-refractivity contribution in [2.75, 3.05) is 26.4 Å². The molecule has 0 amide bonds. The van der Waals surface area contributed by atoms with E-state index in [0.29, 0.717) is 13.2 Å². The Hall–Kier alpha value is -1.55. The SMILES string of the molecule is Clc1ccc(OCC2COCCN2Cc2ccccc2)cc1. The Kier molecular flexibility index (Phi) is 5.33. The van der Waals surface area contributed by atoms with Gasteiger partial charge in [0.25, 0.3) is 0 Å². The van der Waals surface area contributed by atoms with E-state index in [1.807, 2.05) is 30.3 Å². The molecule has 0 radical (unpaired) electrons. The van der Waals surface area contributed by atoms with E-state index < -0.39 is 0 Å². The number of benzene rings is 2. The molecule has 0 N–H and O–H groups in total. The van der Waals surface area contributed by atoms with Gasteiger partial charge >= 0.3 is 0 Å². The first-order chi connectivity index (χ1) is 10.8. The second-order valence-electron chi connectivity index (χ2n) is 5.45. The van der Waals surface area contributed by atoms with Gasteiger partial charge in [0.15, 0.2) is 0 Å². The van der Waals surface area contributed by atoms with E-state index in [9.17, 15) is 0 Å².